The zero-order valence-corrected chi connectivity index (χ0v) is 11.5. The highest BCUT2D eigenvalue weighted by Gasteiger charge is 2.19. The summed E-state index contributed by atoms with van der Waals surface area (Å²) < 4.78 is 28.2. The quantitative estimate of drug-likeness (QED) is 0.855. The van der Waals surface area contributed by atoms with Crippen molar-refractivity contribution in [3.05, 3.63) is 23.8 Å². The van der Waals surface area contributed by atoms with Gasteiger partial charge in [0.15, 0.2) is 17.5 Å². The van der Waals surface area contributed by atoms with Crippen LogP contribution in [0.5, 0.6) is 0 Å². The van der Waals surface area contributed by atoms with E-state index in [4.69, 9.17) is 5.73 Å². The Morgan fingerprint density at radius 2 is 1.95 bits per heavy atom. The topological polar surface area (TPSA) is 69.6 Å². The van der Waals surface area contributed by atoms with Gasteiger partial charge in [-0.25, -0.2) is 13.5 Å². The minimum Gasteiger partial charge on any atom is -0.398 e. The third-order valence-electron chi connectivity index (χ3n) is 3.27. The molecule has 0 aliphatic carbocycles. The first kappa shape index (κ1) is 14.4. The van der Waals surface area contributed by atoms with Gasteiger partial charge in [0.1, 0.15) is 0 Å². The van der Waals surface area contributed by atoms with Gasteiger partial charge in [0.05, 0.1) is 6.04 Å². The summed E-state index contributed by atoms with van der Waals surface area (Å²) in [5.74, 6) is -1.58. The molecule has 2 N–H and O–H groups in total. The Hall–Kier alpha value is -2.05. The van der Waals surface area contributed by atoms with E-state index in [1.54, 1.807) is 4.68 Å². The van der Waals surface area contributed by atoms with Gasteiger partial charge in [-0.05, 0) is 29.3 Å². The maximum Gasteiger partial charge on any atom is 0.184 e. The third-order valence-corrected chi connectivity index (χ3v) is 3.27. The van der Waals surface area contributed by atoms with E-state index in [1.165, 1.54) is 0 Å². The zero-order chi connectivity index (χ0) is 14.7. The molecule has 108 valence electrons. The number of nitrogens with zero attached hydrogens (tertiary/aromatic N) is 4. The lowest BCUT2D eigenvalue weighted by atomic mass is 10.1. The van der Waals surface area contributed by atoms with E-state index in [0.717, 1.165) is 31.4 Å². The van der Waals surface area contributed by atoms with Crippen molar-refractivity contribution < 1.29 is 8.78 Å². The number of halogens is 2. The van der Waals surface area contributed by atoms with Crippen LogP contribution in [0.1, 0.15) is 39.2 Å². The number of tetrazole rings is 1. The fraction of sp³-hybridized carbons (Fsp3) is 0.462. The number of hydrogen-bond donors (Lipinski definition) is 1. The molecule has 0 saturated heterocycles. The highest BCUT2D eigenvalue weighted by molar-refractivity contribution is 5.71. The molecule has 0 fully saturated rings. The predicted molar refractivity (Wildman–Crippen MR) is 71.8 cm³/mol. The highest BCUT2D eigenvalue weighted by Crippen LogP contribution is 2.29. The smallest absolute Gasteiger partial charge is 0.184 e. The van der Waals surface area contributed by atoms with Gasteiger partial charge in [-0.15, -0.1) is 5.10 Å². The van der Waals surface area contributed by atoms with Gasteiger partial charge in [-0.3, -0.25) is 0 Å². The first-order valence-corrected chi connectivity index (χ1v) is 6.61. The lowest BCUT2D eigenvalue weighted by molar-refractivity contribution is 0.403. The van der Waals surface area contributed by atoms with E-state index >= 15 is 0 Å². The summed E-state index contributed by atoms with van der Waals surface area (Å²) in [4.78, 5) is 0. The number of rotatable bonds is 5. The van der Waals surface area contributed by atoms with Gasteiger partial charge in [-0.2, -0.15) is 0 Å². The van der Waals surface area contributed by atoms with Crippen LogP contribution in [0, 0.1) is 11.6 Å². The maximum atomic E-state index is 13.4. The molecule has 0 aliphatic heterocycles. The average Bonchev–Trinajstić information content (AvgIpc) is 2.89. The summed E-state index contributed by atoms with van der Waals surface area (Å²) in [6.45, 7) is 4.10. The number of aromatic nitrogens is 4. The molecular formula is C13H17F2N5. The van der Waals surface area contributed by atoms with Crippen LogP contribution in [0.3, 0.4) is 0 Å². The minimum atomic E-state index is -0.981. The van der Waals surface area contributed by atoms with Gasteiger partial charge in [0.25, 0.3) is 0 Å². The normalized spacial score (nSPS) is 12.6. The van der Waals surface area contributed by atoms with Crippen molar-refractivity contribution in [3.63, 3.8) is 0 Å². The summed E-state index contributed by atoms with van der Waals surface area (Å²) >= 11 is 0. The summed E-state index contributed by atoms with van der Waals surface area (Å²) in [6.07, 6.45) is 2.72. The standard InChI is InChI=1S/C13H17F2N5/c1-3-5-8(4-2)20-13(17-18-19-20)9-6-10(14)11(15)7-12(9)16/h6-8H,3-5,16H2,1-2H3. The Morgan fingerprint density at radius 1 is 1.25 bits per heavy atom. The van der Waals surface area contributed by atoms with E-state index in [1.807, 2.05) is 6.92 Å². The molecule has 0 amide bonds. The molecule has 20 heavy (non-hydrogen) atoms. The van der Waals surface area contributed by atoms with E-state index in [-0.39, 0.29) is 11.7 Å². The van der Waals surface area contributed by atoms with Crippen LogP contribution in [-0.4, -0.2) is 20.2 Å². The van der Waals surface area contributed by atoms with E-state index in [9.17, 15) is 8.78 Å². The van der Waals surface area contributed by atoms with Crippen molar-refractivity contribution in [2.24, 2.45) is 0 Å². The molecule has 1 unspecified atom stereocenters. The zero-order valence-electron chi connectivity index (χ0n) is 11.5. The molecule has 2 rings (SSSR count). The molecule has 2 aromatic rings. The van der Waals surface area contributed by atoms with Crippen LogP contribution in [-0.2, 0) is 0 Å². The number of nitrogens with two attached hydrogens (primary N) is 1. The van der Waals surface area contributed by atoms with Gasteiger partial charge >= 0.3 is 0 Å². The van der Waals surface area contributed by atoms with Crippen molar-refractivity contribution in [1.82, 2.24) is 20.2 Å². The molecule has 0 saturated carbocycles. The highest BCUT2D eigenvalue weighted by atomic mass is 19.2. The van der Waals surface area contributed by atoms with Crippen LogP contribution < -0.4 is 5.73 Å². The fourth-order valence-corrected chi connectivity index (χ4v) is 2.21. The molecule has 1 aromatic heterocycles. The molecule has 0 bridgehead atoms. The molecule has 5 nitrogen and oxygen atoms in total. The second-order valence-electron chi connectivity index (χ2n) is 4.65. The lowest BCUT2D eigenvalue weighted by Gasteiger charge is -2.16. The van der Waals surface area contributed by atoms with Gasteiger partial charge in [-0.1, -0.05) is 20.3 Å². The number of anilines is 1. The van der Waals surface area contributed by atoms with Gasteiger partial charge in [0.2, 0.25) is 0 Å². The van der Waals surface area contributed by atoms with E-state index in [2.05, 4.69) is 22.4 Å². The molecule has 1 aromatic carbocycles. The number of nitrogen functional groups attached to an aromatic ring is 1. The first-order chi connectivity index (χ1) is 9.58. The lowest BCUT2D eigenvalue weighted by Crippen LogP contribution is -2.12. The number of hydrogen-bond acceptors (Lipinski definition) is 4. The molecule has 1 atom stereocenters. The van der Waals surface area contributed by atoms with Crippen molar-refractivity contribution in [1.29, 1.82) is 0 Å². The third kappa shape index (κ3) is 2.61. The van der Waals surface area contributed by atoms with Crippen molar-refractivity contribution in [2.45, 2.75) is 39.2 Å². The van der Waals surface area contributed by atoms with E-state index in [0.29, 0.717) is 11.4 Å². The monoisotopic (exact) mass is 281 g/mol. The Morgan fingerprint density at radius 3 is 2.60 bits per heavy atom. The molecule has 1 heterocycles. The second kappa shape index (κ2) is 5.94. The maximum absolute atomic E-state index is 13.4. The van der Waals surface area contributed by atoms with Crippen LogP contribution >= 0.6 is 0 Å². The molecular weight excluding hydrogens is 264 g/mol. The average molecular weight is 281 g/mol. The van der Waals surface area contributed by atoms with Crippen LogP contribution in [0.25, 0.3) is 11.4 Å². The fourth-order valence-electron chi connectivity index (χ4n) is 2.21. The molecule has 0 spiro atoms. The summed E-state index contributed by atoms with van der Waals surface area (Å²) in [5.41, 5.74) is 6.18. The summed E-state index contributed by atoms with van der Waals surface area (Å²) in [5, 5.41) is 11.5. The van der Waals surface area contributed by atoms with Gasteiger partial charge in [0, 0.05) is 17.3 Å². The van der Waals surface area contributed by atoms with Gasteiger partial charge < -0.3 is 5.73 Å². The van der Waals surface area contributed by atoms with Crippen LogP contribution in [0.15, 0.2) is 12.1 Å². The summed E-state index contributed by atoms with van der Waals surface area (Å²) in [6, 6.07) is 2.09. The minimum absolute atomic E-state index is 0.109. The van der Waals surface area contributed by atoms with Crippen LogP contribution in [0.4, 0.5) is 14.5 Å². The van der Waals surface area contributed by atoms with E-state index < -0.39 is 11.6 Å². The molecule has 0 radical (unpaired) electrons. The Bertz CT molecular complexity index is 596. The Labute approximate surface area is 115 Å². The Kier molecular flexibility index (Phi) is 4.26. The molecule has 0 aliphatic rings. The Balaban J connectivity index is 2.49. The van der Waals surface area contributed by atoms with Crippen molar-refractivity contribution in [3.8, 4) is 11.4 Å². The first-order valence-electron chi connectivity index (χ1n) is 6.61. The number of benzene rings is 1. The second-order valence-corrected chi connectivity index (χ2v) is 4.65. The predicted octanol–water partition coefficient (Wildman–Crippen LogP) is 2.95. The molecule has 7 heteroatoms. The van der Waals surface area contributed by atoms with Crippen molar-refractivity contribution >= 4 is 5.69 Å². The van der Waals surface area contributed by atoms with Crippen LogP contribution in [0.2, 0.25) is 0 Å². The largest absolute Gasteiger partial charge is 0.398 e. The SMILES string of the molecule is CCCC(CC)n1nnnc1-c1cc(F)c(F)cc1N. The van der Waals surface area contributed by atoms with Crippen molar-refractivity contribution in [2.75, 3.05) is 5.73 Å². The summed E-state index contributed by atoms with van der Waals surface area (Å²) in [7, 11) is 0.